The summed E-state index contributed by atoms with van der Waals surface area (Å²) < 4.78 is 0. The van der Waals surface area contributed by atoms with E-state index in [1.807, 2.05) is 0 Å². The van der Waals surface area contributed by atoms with Crippen LogP contribution in [-0.2, 0) is 4.79 Å². The molecule has 1 aliphatic rings. The normalized spacial score (nSPS) is 25.5. The molecule has 1 rings (SSSR count). The maximum absolute atomic E-state index is 11.0. The van der Waals surface area contributed by atoms with Crippen LogP contribution in [0.2, 0.25) is 0 Å². The van der Waals surface area contributed by atoms with Crippen LogP contribution in [0.4, 0.5) is 0 Å². The Morgan fingerprint density at radius 3 is 2.00 bits per heavy atom. The Balaban J connectivity index is 2.69. The van der Waals surface area contributed by atoms with Gasteiger partial charge in [-0.25, -0.2) is 0 Å². The molecule has 0 saturated heterocycles. The molecule has 13 heavy (non-hydrogen) atoms. The summed E-state index contributed by atoms with van der Waals surface area (Å²) in [6, 6.07) is 0. The van der Waals surface area contributed by atoms with E-state index < -0.39 is 11.4 Å². The number of carbonyl (C=O) groups is 1. The molecule has 3 heteroatoms. The summed E-state index contributed by atoms with van der Waals surface area (Å²) in [5.74, 6) is -0.842. The van der Waals surface area contributed by atoms with E-state index in [1.54, 1.807) is 0 Å². The highest BCUT2D eigenvalue weighted by Gasteiger charge is 2.43. The molecule has 0 aromatic heterocycles. The van der Waals surface area contributed by atoms with E-state index in [9.17, 15) is 4.79 Å². The van der Waals surface area contributed by atoms with E-state index in [0.717, 1.165) is 12.8 Å². The average Bonchev–Trinajstić information content (AvgIpc) is 2.05. The Labute approximate surface area is 78.8 Å². The number of hydrogen-bond donors (Lipinski definition) is 2. The zero-order chi connectivity index (χ0) is 10.1. The van der Waals surface area contributed by atoms with Gasteiger partial charge in [-0.05, 0) is 31.1 Å². The number of hydrogen-bond acceptors (Lipinski definition) is 2. The lowest BCUT2D eigenvalue weighted by molar-refractivity contribution is -0.155. The molecule has 2 N–H and O–H groups in total. The Hall–Kier alpha value is -0.570. The molecule has 0 heterocycles. The summed E-state index contributed by atoms with van der Waals surface area (Å²) in [5.41, 5.74) is -0.607. The molecule has 0 atom stereocenters. The summed E-state index contributed by atoms with van der Waals surface area (Å²) in [6.07, 6.45) is 2.98. The molecule has 0 bridgehead atoms. The lowest BCUT2D eigenvalue weighted by Crippen LogP contribution is -2.40. The van der Waals surface area contributed by atoms with E-state index in [4.69, 9.17) is 10.2 Å². The first-order valence-corrected chi connectivity index (χ1v) is 4.76. The summed E-state index contributed by atoms with van der Waals surface area (Å²) in [4.78, 5) is 11.0. The third kappa shape index (κ3) is 2.02. The number of carboxylic acids is 1. The lowest BCUT2D eigenvalue weighted by atomic mass is 9.65. The van der Waals surface area contributed by atoms with Crippen molar-refractivity contribution in [1.29, 1.82) is 0 Å². The molecule has 1 aliphatic carbocycles. The second-order valence-electron chi connectivity index (χ2n) is 4.91. The average molecular weight is 186 g/mol. The quantitative estimate of drug-likeness (QED) is 0.689. The molecule has 1 fully saturated rings. The van der Waals surface area contributed by atoms with Gasteiger partial charge in [0, 0.05) is 0 Å². The van der Waals surface area contributed by atoms with Gasteiger partial charge in [0.1, 0.15) is 0 Å². The predicted molar refractivity (Wildman–Crippen MR) is 49.4 cm³/mol. The van der Waals surface area contributed by atoms with E-state index in [0.29, 0.717) is 12.8 Å². The zero-order valence-corrected chi connectivity index (χ0v) is 8.34. The van der Waals surface area contributed by atoms with E-state index >= 15 is 0 Å². The number of aliphatic carboxylic acids is 1. The molecular weight excluding hydrogens is 168 g/mol. The molecule has 0 spiro atoms. The first-order valence-electron chi connectivity index (χ1n) is 4.76. The van der Waals surface area contributed by atoms with Gasteiger partial charge in [0.05, 0.1) is 12.0 Å². The Bertz CT molecular complexity index is 198. The summed E-state index contributed by atoms with van der Waals surface area (Å²) in [5, 5.41) is 18.1. The van der Waals surface area contributed by atoms with Crippen molar-refractivity contribution < 1.29 is 15.0 Å². The number of carboxylic acid groups (broad SMARTS) is 1. The molecule has 0 unspecified atom stereocenters. The first-order chi connectivity index (χ1) is 5.92. The van der Waals surface area contributed by atoms with Crippen molar-refractivity contribution in [1.82, 2.24) is 0 Å². The van der Waals surface area contributed by atoms with Crippen molar-refractivity contribution in [2.45, 2.75) is 39.5 Å². The molecule has 0 radical (unpaired) electrons. The van der Waals surface area contributed by atoms with Crippen molar-refractivity contribution in [3.63, 3.8) is 0 Å². The zero-order valence-electron chi connectivity index (χ0n) is 8.34. The van der Waals surface area contributed by atoms with Crippen molar-refractivity contribution in [2.24, 2.45) is 10.8 Å². The number of aliphatic hydroxyl groups excluding tert-OH is 1. The third-order valence-electron chi connectivity index (χ3n) is 3.32. The Kier molecular flexibility index (Phi) is 2.66. The van der Waals surface area contributed by atoms with Crippen LogP contribution >= 0.6 is 0 Å². The molecule has 76 valence electrons. The highest BCUT2D eigenvalue weighted by atomic mass is 16.4. The van der Waals surface area contributed by atoms with Gasteiger partial charge in [0.25, 0.3) is 0 Å². The van der Waals surface area contributed by atoms with Gasteiger partial charge >= 0.3 is 5.97 Å². The Morgan fingerprint density at radius 1 is 1.23 bits per heavy atom. The van der Waals surface area contributed by atoms with Gasteiger partial charge in [0.2, 0.25) is 0 Å². The monoisotopic (exact) mass is 186 g/mol. The van der Waals surface area contributed by atoms with E-state index in [-0.39, 0.29) is 12.0 Å². The predicted octanol–water partition coefficient (Wildman–Crippen LogP) is 1.65. The maximum Gasteiger partial charge on any atom is 0.311 e. The van der Waals surface area contributed by atoms with Gasteiger partial charge in [0.15, 0.2) is 0 Å². The maximum atomic E-state index is 11.0. The second kappa shape index (κ2) is 3.29. The largest absolute Gasteiger partial charge is 0.481 e. The van der Waals surface area contributed by atoms with Crippen LogP contribution in [0, 0.1) is 10.8 Å². The fourth-order valence-corrected chi connectivity index (χ4v) is 1.84. The van der Waals surface area contributed by atoms with Crippen molar-refractivity contribution in [3.8, 4) is 0 Å². The second-order valence-corrected chi connectivity index (χ2v) is 4.91. The van der Waals surface area contributed by atoms with Crippen LogP contribution in [0.25, 0.3) is 0 Å². The van der Waals surface area contributed by atoms with E-state index in [2.05, 4.69) is 13.8 Å². The first kappa shape index (κ1) is 10.5. The topological polar surface area (TPSA) is 57.5 Å². The van der Waals surface area contributed by atoms with Gasteiger partial charge in [-0.3, -0.25) is 4.79 Å². The highest BCUT2D eigenvalue weighted by molar-refractivity contribution is 5.74. The molecular formula is C10H18O3. The minimum absolute atomic E-state index is 0.224. The minimum Gasteiger partial charge on any atom is -0.481 e. The number of rotatable bonds is 2. The molecule has 0 aromatic rings. The van der Waals surface area contributed by atoms with Crippen LogP contribution in [0.1, 0.15) is 39.5 Å². The number of aliphatic hydroxyl groups is 1. The van der Waals surface area contributed by atoms with Crippen molar-refractivity contribution in [2.75, 3.05) is 6.61 Å². The van der Waals surface area contributed by atoms with Crippen LogP contribution in [0.15, 0.2) is 0 Å². The smallest absolute Gasteiger partial charge is 0.311 e. The highest BCUT2D eigenvalue weighted by Crippen LogP contribution is 2.44. The fraction of sp³-hybridized carbons (Fsp3) is 0.900. The summed E-state index contributed by atoms with van der Waals surface area (Å²) in [6.45, 7) is 4.07. The lowest BCUT2D eigenvalue weighted by Gasteiger charge is -2.39. The fourth-order valence-electron chi connectivity index (χ4n) is 1.84. The van der Waals surface area contributed by atoms with Crippen LogP contribution in [-0.4, -0.2) is 22.8 Å². The third-order valence-corrected chi connectivity index (χ3v) is 3.32. The van der Waals surface area contributed by atoms with Crippen LogP contribution < -0.4 is 0 Å². The molecule has 0 amide bonds. The van der Waals surface area contributed by atoms with Gasteiger partial charge in [-0.15, -0.1) is 0 Å². The molecule has 1 saturated carbocycles. The minimum atomic E-state index is -0.852. The van der Waals surface area contributed by atoms with E-state index in [1.165, 1.54) is 0 Å². The standard InChI is InChI=1S/C10H18O3/c1-9(2)3-5-10(7-11,6-4-9)8(12)13/h11H,3-7H2,1-2H3,(H,12,13). The Morgan fingerprint density at radius 2 is 1.69 bits per heavy atom. The van der Waals surface area contributed by atoms with Gasteiger partial charge in [-0.1, -0.05) is 13.8 Å². The summed E-state index contributed by atoms with van der Waals surface area (Å²) >= 11 is 0. The summed E-state index contributed by atoms with van der Waals surface area (Å²) in [7, 11) is 0. The van der Waals surface area contributed by atoms with Gasteiger partial charge in [-0.2, -0.15) is 0 Å². The molecule has 0 aromatic carbocycles. The van der Waals surface area contributed by atoms with Crippen LogP contribution in [0.5, 0.6) is 0 Å². The SMILES string of the molecule is CC1(C)CCC(CO)(C(=O)O)CC1. The van der Waals surface area contributed by atoms with Crippen molar-refractivity contribution >= 4 is 5.97 Å². The molecule has 0 aliphatic heterocycles. The van der Waals surface area contributed by atoms with Gasteiger partial charge < -0.3 is 10.2 Å². The molecule has 3 nitrogen and oxygen atoms in total. The van der Waals surface area contributed by atoms with Crippen molar-refractivity contribution in [3.05, 3.63) is 0 Å². The van der Waals surface area contributed by atoms with Crippen LogP contribution in [0.3, 0.4) is 0 Å².